The number of nitrogens with one attached hydrogen (secondary N) is 1. The number of nitrogens with zero attached hydrogens (tertiary/aromatic N) is 1. The van der Waals surface area contributed by atoms with Crippen molar-refractivity contribution in [2.75, 3.05) is 29.1 Å². The van der Waals surface area contributed by atoms with E-state index in [2.05, 4.69) is 11.4 Å². The minimum Gasteiger partial charge on any atom is -0.399 e. The quantitative estimate of drug-likeness (QED) is 0.806. The third-order valence-electron chi connectivity index (χ3n) is 3.09. The maximum atomic E-state index is 9.03. The summed E-state index contributed by atoms with van der Waals surface area (Å²) >= 11 is 2.03. The van der Waals surface area contributed by atoms with Gasteiger partial charge in [-0.25, -0.2) is 0 Å². The summed E-state index contributed by atoms with van der Waals surface area (Å²) in [4.78, 5) is 0. The molecule has 3 N–H and O–H groups in total. The molecule has 0 aliphatic carbocycles. The zero-order chi connectivity index (χ0) is 12.1. The Labute approximate surface area is 106 Å². The van der Waals surface area contributed by atoms with Crippen molar-refractivity contribution in [1.29, 1.82) is 5.26 Å². The summed E-state index contributed by atoms with van der Waals surface area (Å²) in [6.07, 6.45) is 2.54. The summed E-state index contributed by atoms with van der Waals surface area (Å²) in [5, 5.41) is 12.4. The third-order valence-corrected chi connectivity index (χ3v) is 4.13. The first kappa shape index (κ1) is 12.1. The number of nitrogen functional groups attached to an aromatic ring is 1. The van der Waals surface area contributed by atoms with E-state index in [0.29, 0.717) is 11.3 Å². The second kappa shape index (κ2) is 5.83. The van der Waals surface area contributed by atoms with Gasteiger partial charge >= 0.3 is 0 Å². The van der Waals surface area contributed by atoms with Crippen molar-refractivity contribution in [1.82, 2.24) is 0 Å². The molecule has 1 heterocycles. The summed E-state index contributed by atoms with van der Waals surface area (Å²) < 4.78 is 0. The number of anilines is 2. The Morgan fingerprint density at radius 2 is 2.18 bits per heavy atom. The Morgan fingerprint density at radius 1 is 1.41 bits per heavy atom. The fraction of sp³-hybridized carbons (Fsp3) is 0.462. The topological polar surface area (TPSA) is 61.8 Å². The number of rotatable bonds is 3. The largest absolute Gasteiger partial charge is 0.399 e. The fourth-order valence-electron chi connectivity index (χ4n) is 2.01. The van der Waals surface area contributed by atoms with E-state index in [1.807, 2.05) is 23.9 Å². The van der Waals surface area contributed by atoms with Gasteiger partial charge in [0.2, 0.25) is 0 Å². The zero-order valence-corrected chi connectivity index (χ0v) is 10.6. The van der Waals surface area contributed by atoms with Gasteiger partial charge in [0.25, 0.3) is 0 Å². The highest BCUT2D eigenvalue weighted by Gasteiger charge is 2.13. The second-order valence-corrected chi connectivity index (χ2v) is 5.58. The molecule has 0 atom stereocenters. The normalized spacial score (nSPS) is 16.4. The van der Waals surface area contributed by atoms with Crippen LogP contribution in [0.4, 0.5) is 11.4 Å². The summed E-state index contributed by atoms with van der Waals surface area (Å²) in [5.74, 6) is 3.26. The van der Waals surface area contributed by atoms with Gasteiger partial charge in [-0.15, -0.1) is 0 Å². The summed E-state index contributed by atoms with van der Waals surface area (Å²) in [5.41, 5.74) is 7.84. The van der Waals surface area contributed by atoms with Crippen LogP contribution in [0.1, 0.15) is 18.4 Å². The van der Waals surface area contributed by atoms with E-state index in [0.717, 1.165) is 18.2 Å². The van der Waals surface area contributed by atoms with Crippen LogP contribution in [0.15, 0.2) is 18.2 Å². The smallest absolute Gasteiger partial charge is 0.101 e. The van der Waals surface area contributed by atoms with Crippen LogP contribution >= 0.6 is 11.8 Å². The SMILES string of the molecule is N#Cc1cc(N)ccc1NCC1CCSCC1. The number of hydrogen-bond acceptors (Lipinski definition) is 4. The molecule has 0 bridgehead atoms. The predicted molar refractivity (Wildman–Crippen MR) is 74.1 cm³/mol. The molecule has 1 aromatic rings. The van der Waals surface area contributed by atoms with Crippen LogP contribution in [0.5, 0.6) is 0 Å². The van der Waals surface area contributed by atoms with Crippen LogP contribution in [0.3, 0.4) is 0 Å². The predicted octanol–water partition coefficient (Wildman–Crippen LogP) is 2.70. The average molecular weight is 247 g/mol. The lowest BCUT2D eigenvalue weighted by Crippen LogP contribution is -2.19. The van der Waals surface area contributed by atoms with Gasteiger partial charge in [0.1, 0.15) is 6.07 Å². The van der Waals surface area contributed by atoms with Gasteiger partial charge in [0.05, 0.1) is 11.3 Å². The van der Waals surface area contributed by atoms with Crippen molar-refractivity contribution in [2.24, 2.45) is 5.92 Å². The Morgan fingerprint density at radius 3 is 2.88 bits per heavy atom. The fourth-order valence-corrected chi connectivity index (χ4v) is 3.22. The van der Waals surface area contributed by atoms with Crippen molar-refractivity contribution in [3.8, 4) is 6.07 Å². The first-order valence-electron chi connectivity index (χ1n) is 5.91. The molecule has 0 aromatic heterocycles. The number of hydrogen-bond donors (Lipinski definition) is 2. The van der Waals surface area contributed by atoms with Crippen molar-refractivity contribution < 1.29 is 0 Å². The molecule has 1 aromatic carbocycles. The molecule has 2 rings (SSSR count). The maximum Gasteiger partial charge on any atom is 0.101 e. The third kappa shape index (κ3) is 3.31. The first-order chi connectivity index (χ1) is 8.29. The number of nitrogens with two attached hydrogens (primary N) is 1. The Balaban J connectivity index is 1.96. The van der Waals surface area contributed by atoms with Crippen molar-refractivity contribution >= 4 is 23.1 Å². The summed E-state index contributed by atoms with van der Waals surface area (Å²) in [6.45, 7) is 0.957. The van der Waals surface area contributed by atoms with Gasteiger partial charge in [0.15, 0.2) is 0 Å². The van der Waals surface area contributed by atoms with E-state index < -0.39 is 0 Å². The highest BCUT2D eigenvalue weighted by Crippen LogP contribution is 2.24. The lowest BCUT2D eigenvalue weighted by molar-refractivity contribution is 0.516. The molecule has 1 aliphatic rings. The molecular weight excluding hydrogens is 230 g/mol. The second-order valence-electron chi connectivity index (χ2n) is 4.35. The summed E-state index contributed by atoms with van der Waals surface area (Å²) in [7, 11) is 0. The highest BCUT2D eigenvalue weighted by molar-refractivity contribution is 7.99. The van der Waals surface area contributed by atoms with Crippen molar-refractivity contribution in [3.63, 3.8) is 0 Å². The zero-order valence-electron chi connectivity index (χ0n) is 9.78. The lowest BCUT2D eigenvalue weighted by atomic mass is 10.0. The Kier molecular flexibility index (Phi) is 4.16. The lowest BCUT2D eigenvalue weighted by Gasteiger charge is -2.22. The molecule has 90 valence electrons. The van der Waals surface area contributed by atoms with E-state index in [-0.39, 0.29) is 0 Å². The van der Waals surface area contributed by atoms with E-state index >= 15 is 0 Å². The van der Waals surface area contributed by atoms with Crippen molar-refractivity contribution in [2.45, 2.75) is 12.8 Å². The molecule has 1 aliphatic heterocycles. The van der Waals surface area contributed by atoms with Gasteiger partial charge in [0, 0.05) is 12.2 Å². The average Bonchev–Trinajstić information content (AvgIpc) is 2.38. The number of thioether (sulfide) groups is 1. The monoisotopic (exact) mass is 247 g/mol. The van der Waals surface area contributed by atoms with Gasteiger partial charge < -0.3 is 11.1 Å². The molecule has 0 unspecified atom stereocenters. The number of benzene rings is 1. The van der Waals surface area contributed by atoms with Crippen LogP contribution in [-0.4, -0.2) is 18.1 Å². The molecule has 0 spiro atoms. The minimum atomic E-state index is 0.634. The van der Waals surface area contributed by atoms with Crippen LogP contribution in [-0.2, 0) is 0 Å². The molecule has 1 saturated heterocycles. The maximum absolute atomic E-state index is 9.03. The number of nitriles is 1. The van der Waals surface area contributed by atoms with E-state index in [9.17, 15) is 0 Å². The standard InChI is InChI=1S/C13H17N3S/c14-8-11-7-12(15)1-2-13(11)16-9-10-3-5-17-6-4-10/h1-2,7,10,16H,3-6,9,15H2. The van der Waals surface area contributed by atoms with Crippen LogP contribution < -0.4 is 11.1 Å². The Bertz CT molecular complexity index is 419. The molecule has 1 fully saturated rings. The highest BCUT2D eigenvalue weighted by atomic mass is 32.2. The molecule has 4 heteroatoms. The van der Waals surface area contributed by atoms with Crippen LogP contribution in [0.2, 0.25) is 0 Å². The molecule has 0 amide bonds. The van der Waals surface area contributed by atoms with Gasteiger partial charge in [-0.05, 0) is 48.5 Å². The van der Waals surface area contributed by atoms with Crippen LogP contribution in [0.25, 0.3) is 0 Å². The summed E-state index contributed by atoms with van der Waals surface area (Å²) in [6, 6.07) is 7.63. The molecular formula is C13H17N3S. The van der Waals surface area contributed by atoms with Crippen LogP contribution in [0, 0.1) is 17.2 Å². The van der Waals surface area contributed by atoms with Crippen molar-refractivity contribution in [3.05, 3.63) is 23.8 Å². The first-order valence-corrected chi connectivity index (χ1v) is 7.06. The molecule has 17 heavy (non-hydrogen) atoms. The molecule has 0 saturated carbocycles. The van der Waals surface area contributed by atoms with Gasteiger partial charge in [-0.3, -0.25) is 0 Å². The Hall–Kier alpha value is -1.34. The molecule has 0 radical (unpaired) electrons. The van der Waals surface area contributed by atoms with E-state index in [1.54, 1.807) is 6.07 Å². The minimum absolute atomic E-state index is 0.634. The van der Waals surface area contributed by atoms with Gasteiger partial charge in [-0.1, -0.05) is 0 Å². The molecule has 3 nitrogen and oxygen atoms in total. The van der Waals surface area contributed by atoms with E-state index in [4.69, 9.17) is 11.0 Å². The van der Waals surface area contributed by atoms with E-state index in [1.165, 1.54) is 24.3 Å². The van der Waals surface area contributed by atoms with Gasteiger partial charge in [-0.2, -0.15) is 17.0 Å².